The summed E-state index contributed by atoms with van der Waals surface area (Å²) >= 11 is 0. The molecule has 1 aromatic carbocycles. The van der Waals surface area contributed by atoms with Crippen molar-refractivity contribution in [2.24, 2.45) is 5.14 Å². The minimum Gasteiger partial charge on any atom is -0.377 e. The van der Waals surface area contributed by atoms with Crippen molar-refractivity contribution in [1.82, 2.24) is 0 Å². The Morgan fingerprint density at radius 2 is 1.94 bits per heavy atom. The lowest BCUT2D eigenvalue weighted by Crippen LogP contribution is -2.24. The molecule has 0 radical (unpaired) electrons. The summed E-state index contributed by atoms with van der Waals surface area (Å²) in [6.45, 7) is 2.89. The van der Waals surface area contributed by atoms with E-state index in [1.807, 2.05) is 0 Å². The van der Waals surface area contributed by atoms with Crippen molar-refractivity contribution in [2.45, 2.75) is 31.2 Å². The SMILES string of the molecule is Cc1ccc(NC(C)C(F)F)cc1S(N)(=O)=O. The molecule has 0 fully saturated rings. The summed E-state index contributed by atoms with van der Waals surface area (Å²) in [6, 6.07) is 3.23. The van der Waals surface area contributed by atoms with Crippen LogP contribution in [0.5, 0.6) is 0 Å². The number of anilines is 1. The molecule has 1 atom stereocenters. The van der Waals surface area contributed by atoms with E-state index in [-0.39, 0.29) is 4.90 Å². The number of sulfonamides is 1. The minimum absolute atomic E-state index is 0.0658. The fraction of sp³-hybridized carbons (Fsp3) is 0.400. The fourth-order valence-corrected chi connectivity index (χ4v) is 2.13. The van der Waals surface area contributed by atoms with Gasteiger partial charge in [-0.05, 0) is 31.5 Å². The number of hydrogen-bond acceptors (Lipinski definition) is 3. The highest BCUT2D eigenvalue weighted by molar-refractivity contribution is 7.89. The monoisotopic (exact) mass is 264 g/mol. The van der Waals surface area contributed by atoms with Crippen molar-refractivity contribution >= 4 is 15.7 Å². The number of nitrogens with one attached hydrogen (secondary N) is 1. The largest absolute Gasteiger partial charge is 0.377 e. The molecule has 7 heteroatoms. The van der Waals surface area contributed by atoms with Crippen LogP contribution in [0.4, 0.5) is 14.5 Å². The third-order valence-electron chi connectivity index (χ3n) is 2.27. The van der Waals surface area contributed by atoms with Crippen molar-refractivity contribution in [3.05, 3.63) is 23.8 Å². The highest BCUT2D eigenvalue weighted by atomic mass is 32.2. The van der Waals surface area contributed by atoms with Gasteiger partial charge in [-0.2, -0.15) is 0 Å². The van der Waals surface area contributed by atoms with Crippen LogP contribution in [0.15, 0.2) is 23.1 Å². The number of benzene rings is 1. The van der Waals surface area contributed by atoms with Gasteiger partial charge in [-0.1, -0.05) is 6.07 Å². The Morgan fingerprint density at radius 3 is 2.41 bits per heavy atom. The molecule has 17 heavy (non-hydrogen) atoms. The number of hydrogen-bond donors (Lipinski definition) is 2. The van der Waals surface area contributed by atoms with E-state index in [2.05, 4.69) is 5.32 Å². The summed E-state index contributed by atoms with van der Waals surface area (Å²) < 4.78 is 47.1. The van der Waals surface area contributed by atoms with Crippen LogP contribution in [0.25, 0.3) is 0 Å². The Bertz CT molecular complexity index is 503. The lowest BCUT2D eigenvalue weighted by Gasteiger charge is -2.15. The normalized spacial score (nSPS) is 13.8. The van der Waals surface area contributed by atoms with Crippen molar-refractivity contribution in [3.63, 3.8) is 0 Å². The lowest BCUT2D eigenvalue weighted by atomic mass is 10.2. The second-order valence-electron chi connectivity index (χ2n) is 3.79. The van der Waals surface area contributed by atoms with E-state index in [9.17, 15) is 17.2 Å². The summed E-state index contributed by atoms with van der Waals surface area (Å²) in [5, 5.41) is 7.52. The average Bonchev–Trinajstić information content (AvgIpc) is 2.19. The molecule has 4 nitrogen and oxygen atoms in total. The molecule has 1 rings (SSSR count). The van der Waals surface area contributed by atoms with Gasteiger partial charge in [-0.25, -0.2) is 22.3 Å². The second-order valence-corrected chi connectivity index (χ2v) is 5.32. The maximum Gasteiger partial charge on any atom is 0.258 e. The second kappa shape index (κ2) is 4.97. The van der Waals surface area contributed by atoms with Crippen LogP contribution in [0.2, 0.25) is 0 Å². The minimum atomic E-state index is -3.84. The van der Waals surface area contributed by atoms with E-state index in [0.29, 0.717) is 11.3 Å². The first-order chi connectivity index (χ1) is 7.71. The Morgan fingerprint density at radius 1 is 1.35 bits per heavy atom. The van der Waals surface area contributed by atoms with E-state index >= 15 is 0 Å². The van der Waals surface area contributed by atoms with E-state index in [4.69, 9.17) is 5.14 Å². The molecule has 0 aromatic heterocycles. The van der Waals surface area contributed by atoms with Gasteiger partial charge in [-0.15, -0.1) is 0 Å². The number of halogens is 2. The van der Waals surface area contributed by atoms with Crippen molar-refractivity contribution in [1.29, 1.82) is 0 Å². The van der Waals surface area contributed by atoms with Crippen molar-refractivity contribution < 1.29 is 17.2 Å². The van der Waals surface area contributed by atoms with Crippen LogP contribution >= 0.6 is 0 Å². The van der Waals surface area contributed by atoms with Gasteiger partial charge >= 0.3 is 0 Å². The first-order valence-corrected chi connectivity index (χ1v) is 6.44. The molecule has 0 aliphatic heterocycles. The van der Waals surface area contributed by atoms with Crippen LogP contribution in [-0.2, 0) is 10.0 Å². The smallest absolute Gasteiger partial charge is 0.258 e. The molecule has 0 heterocycles. The summed E-state index contributed by atoms with van der Waals surface area (Å²) in [4.78, 5) is -0.0658. The van der Waals surface area contributed by atoms with E-state index in [0.717, 1.165) is 0 Å². The molecule has 0 saturated carbocycles. The zero-order valence-corrected chi connectivity index (χ0v) is 10.3. The molecule has 3 N–H and O–H groups in total. The zero-order valence-electron chi connectivity index (χ0n) is 9.44. The molecular weight excluding hydrogens is 250 g/mol. The predicted octanol–water partition coefficient (Wildman–Crippen LogP) is 1.71. The third kappa shape index (κ3) is 3.64. The number of aryl methyl sites for hydroxylation is 1. The third-order valence-corrected chi connectivity index (χ3v) is 3.32. The summed E-state index contributed by atoms with van der Waals surface area (Å²) in [5.74, 6) is 0. The molecule has 0 aliphatic carbocycles. The first kappa shape index (κ1) is 13.9. The molecule has 0 spiro atoms. The molecule has 1 unspecified atom stereocenters. The van der Waals surface area contributed by atoms with Gasteiger partial charge in [0.15, 0.2) is 0 Å². The Balaban J connectivity index is 3.06. The van der Waals surface area contributed by atoms with E-state index in [1.54, 1.807) is 6.92 Å². The van der Waals surface area contributed by atoms with Gasteiger partial charge in [-0.3, -0.25) is 0 Å². The van der Waals surface area contributed by atoms with Crippen LogP contribution in [0.3, 0.4) is 0 Å². The molecular formula is C10H14F2N2O2S. The quantitative estimate of drug-likeness (QED) is 0.869. The van der Waals surface area contributed by atoms with Crippen LogP contribution in [0, 0.1) is 6.92 Å². The van der Waals surface area contributed by atoms with Gasteiger partial charge in [0.2, 0.25) is 10.0 Å². The Kier molecular flexibility index (Phi) is 4.05. The number of primary sulfonamides is 1. The van der Waals surface area contributed by atoms with Crippen molar-refractivity contribution in [3.8, 4) is 0 Å². The molecule has 96 valence electrons. The summed E-state index contributed by atoms with van der Waals surface area (Å²) in [7, 11) is -3.84. The van der Waals surface area contributed by atoms with Gasteiger partial charge in [0.1, 0.15) is 0 Å². The number of rotatable bonds is 4. The zero-order chi connectivity index (χ0) is 13.2. The molecule has 1 aromatic rings. The standard InChI is InChI=1S/C10H14F2N2O2S/c1-6-3-4-8(14-7(2)10(11)12)5-9(6)17(13,15)16/h3-5,7,10,14H,1-2H3,(H2,13,15,16). The summed E-state index contributed by atoms with van der Waals surface area (Å²) in [6.07, 6.45) is -2.53. The highest BCUT2D eigenvalue weighted by Gasteiger charge is 2.16. The maximum atomic E-state index is 12.3. The van der Waals surface area contributed by atoms with Crippen LogP contribution in [-0.4, -0.2) is 20.9 Å². The molecule has 0 aliphatic rings. The first-order valence-electron chi connectivity index (χ1n) is 4.90. The fourth-order valence-electron chi connectivity index (χ4n) is 1.32. The Labute approximate surface area is 98.9 Å². The van der Waals surface area contributed by atoms with Crippen molar-refractivity contribution in [2.75, 3.05) is 5.32 Å². The topological polar surface area (TPSA) is 72.2 Å². The molecule has 0 amide bonds. The van der Waals surface area contributed by atoms with Crippen LogP contribution in [0.1, 0.15) is 12.5 Å². The van der Waals surface area contributed by atoms with E-state index in [1.165, 1.54) is 25.1 Å². The van der Waals surface area contributed by atoms with Gasteiger partial charge in [0, 0.05) is 5.69 Å². The van der Waals surface area contributed by atoms with Crippen LogP contribution < -0.4 is 10.5 Å². The molecule has 0 saturated heterocycles. The van der Waals surface area contributed by atoms with Gasteiger partial charge in [0.05, 0.1) is 10.9 Å². The highest BCUT2D eigenvalue weighted by Crippen LogP contribution is 2.20. The Hall–Kier alpha value is -1.21. The number of alkyl halides is 2. The van der Waals surface area contributed by atoms with Gasteiger partial charge < -0.3 is 5.32 Å². The predicted molar refractivity (Wildman–Crippen MR) is 61.6 cm³/mol. The van der Waals surface area contributed by atoms with E-state index < -0.39 is 22.5 Å². The number of nitrogens with two attached hydrogens (primary N) is 1. The molecule has 0 bridgehead atoms. The van der Waals surface area contributed by atoms with Gasteiger partial charge in [0.25, 0.3) is 6.43 Å². The summed E-state index contributed by atoms with van der Waals surface area (Å²) in [5.41, 5.74) is 0.773. The average molecular weight is 264 g/mol. The lowest BCUT2D eigenvalue weighted by molar-refractivity contribution is 0.130. The maximum absolute atomic E-state index is 12.3.